The standard InChI is InChI=1S/C10H15NO3/c1-6-3-2-4-11(6)9(12)7-5-8(7)10(13)14/h6-8H,2-5H2,1H3,(H,13,14). The minimum atomic E-state index is -0.824. The molecule has 1 heterocycles. The van der Waals surface area contributed by atoms with Crippen LogP contribution in [0.3, 0.4) is 0 Å². The summed E-state index contributed by atoms with van der Waals surface area (Å²) in [6.45, 7) is 2.84. The van der Waals surface area contributed by atoms with Crippen LogP contribution in [-0.4, -0.2) is 34.5 Å². The van der Waals surface area contributed by atoms with Crippen molar-refractivity contribution in [1.29, 1.82) is 0 Å². The van der Waals surface area contributed by atoms with Gasteiger partial charge in [0.15, 0.2) is 0 Å². The van der Waals surface area contributed by atoms with Gasteiger partial charge in [0.2, 0.25) is 5.91 Å². The van der Waals surface area contributed by atoms with Gasteiger partial charge >= 0.3 is 5.97 Å². The van der Waals surface area contributed by atoms with Crippen molar-refractivity contribution in [2.45, 2.75) is 32.2 Å². The highest BCUT2D eigenvalue weighted by molar-refractivity contribution is 5.89. The number of hydrogen-bond donors (Lipinski definition) is 1. The average Bonchev–Trinajstić information content (AvgIpc) is 2.82. The monoisotopic (exact) mass is 197 g/mol. The number of aliphatic carboxylic acids is 1. The average molecular weight is 197 g/mol. The van der Waals surface area contributed by atoms with Crippen LogP contribution in [0.4, 0.5) is 0 Å². The van der Waals surface area contributed by atoms with Crippen LogP contribution in [-0.2, 0) is 9.59 Å². The molecule has 14 heavy (non-hydrogen) atoms. The van der Waals surface area contributed by atoms with Crippen LogP contribution in [0.1, 0.15) is 26.2 Å². The molecule has 3 atom stereocenters. The van der Waals surface area contributed by atoms with Crippen molar-refractivity contribution in [1.82, 2.24) is 4.90 Å². The Hall–Kier alpha value is -1.06. The third-order valence-electron chi connectivity index (χ3n) is 3.26. The lowest BCUT2D eigenvalue weighted by Crippen LogP contribution is -2.35. The van der Waals surface area contributed by atoms with E-state index in [-0.39, 0.29) is 11.8 Å². The van der Waals surface area contributed by atoms with Gasteiger partial charge in [-0.2, -0.15) is 0 Å². The van der Waals surface area contributed by atoms with Gasteiger partial charge in [-0.1, -0.05) is 0 Å². The third kappa shape index (κ3) is 1.49. The van der Waals surface area contributed by atoms with Crippen LogP contribution in [0.25, 0.3) is 0 Å². The summed E-state index contributed by atoms with van der Waals surface area (Å²) in [5.41, 5.74) is 0. The van der Waals surface area contributed by atoms with Crippen LogP contribution in [0.15, 0.2) is 0 Å². The molecule has 1 saturated carbocycles. The quantitative estimate of drug-likeness (QED) is 0.709. The summed E-state index contributed by atoms with van der Waals surface area (Å²) in [7, 11) is 0. The maximum absolute atomic E-state index is 11.8. The van der Waals surface area contributed by atoms with Crippen LogP contribution in [0.2, 0.25) is 0 Å². The predicted molar refractivity (Wildman–Crippen MR) is 49.6 cm³/mol. The molecule has 2 fully saturated rings. The van der Waals surface area contributed by atoms with Crippen LogP contribution in [0, 0.1) is 11.8 Å². The van der Waals surface area contributed by atoms with Crippen molar-refractivity contribution in [2.75, 3.05) is 6.54 Å². The van der Waals surface area contributed by atoms with Crippen LogP contribution < -0.4 is 0 Å². The summed E-state index contributed by atoms with van der Waals surface area (Å²) in [5.74, 6) is -1.40. The van der Waals surface area contributed by atoms with E-state index in [1.165, 1.54) is 0 Å². The number of carboxylic acid groups (broad SMARTS) is 1. The number of carbonyl (C=O) groups is 2. The van der Waals surface area contributed by atoms with Crippen molar-refractivity contribution in [3.63, 3.8) is 0 Å². The molecular formula is C10H15NO3. The van der Waals surface area contributed by atoms with Gasteiger partial charge in [0.25, 0.3) is 0 Å². The Labute approximate surface area is 82.9 Å². The number of carbonyl (C=O) groups excluding carboxylic acids is 1. The molecule has 0 spiro atoms. The first kappa shape index (κ1) is 9.49. The first-order chi connectivity index (χ1) is 6.61. The van der Waals surface area contributed by atoms with Crippen molar-refractivity contribution in [2.24, 2.45) is 11.8 Å². The fraction of sp³-hybridized carbons (Fsp3) is 0.800. The van der Waals surface area contributed by atoms with Crippen molar-refractivity contribution < 1.29 is 14.7 Å². The summed E-state index contributed by atoms with van der Waals surface area (Å²) in [5, 5.41) is 8.71. The largest absolute Gasteiger partial charge is 0.481 e. The van der Waals surface area contributed by atoms with E-state index in [4.69, 9.17) is 5.11 Å². The zero-order valence-electron chi connectivity index (χ0n) is 8.27. The van der Waals surface area contributed by atoms with E-state index in [1.54, 1.807) is 0 Å². The Morgan fingerprint density at radius 3 is 2.50 bits per heavy atom. The van der Waals surface area contributed by atoms with Gasteiger partial charge in [0, 0.05) is 12.6 Å². The van der Waals surface area contributed by atoms with Gasteiger partial charge < -0.3 is 10.0 Å². The van der Waals surface area contributed by atoms with Gasteiger partial charge in [-0.25, -0.2) is 0 Å². The second kappa shape index (κ2) is 3.26. The van der Waals surface area contributed by atoms with Crippen molar-refractivity contribution >= 4 is 11.9 Å². The maximum atomic E-state index is 11.8. The zero-order valence-corrected chi connectivity index (χ0v) is 8.27. The molecule has 1 aliphatic heterocycles. The second-order valence-electron chi connectivity index (χ2n) is 4.31. The lowest BCUT2D eigenvalue weighted by molar-refractivity contribution is -0.142. The van der Waals surface area contributed by atoms with Crippen molar-refractivity contribution in [3.8, 4) is 0 Å². The second-order valence-corrected chi connectivity index (χ2v) is 4.31. The number of carboxylic acids is 1. The van der Waals surface area contributed by atoms with E-state index in [0.29, 0.717) is 12.5 Å². The van der Waals surface area contributed by atoms with Gasteiger partial charge in [0.1, 0.15) is 0 Å². The summed E-state index contributed by atoms with van der Waals surface area (Å²) < 4.78 is 0. The SMILES string of the molecule is CC1CCCN1C(=O)C1CC1C(=O)O. The van der Waals surface area contributed by atoms with E-state index < -0.39 is 11.9 Å². The molecule has 0 aromatic rings. The van der Waals surface area contributed by atoms with Crippen molar-refractivity contribution in [3.05, 3.63) is 0 Å². The Balaban J connectivity index is 1.94. The molecule has 3 unspecified atom stereocenters. The molecule has 0 radical (unpaired) electrons. The smallest absolute Gasteiger partial charge is 0.307 e. The molecule has 0 aromatic heterocycles. The normalized spacial score (nSPS) is 35.8. The Bertz CT molecular complexity index is 277. The first-order valence-corrected chi connectivity index (χ1v) is 5.14. The van der Waals surface area contributed by atoms with E-state index in [1.807, 2.05) is 11.8 Å². The number of likely N-dealkylation sites (tertiary alicyclic amines) is 1. The van der Waals surface area contributed by atoms with Crippen LogP contribution >= 0.6 is 0 Å². The molecule has 0 aromatic carbocycles. The number of hydrogen-bond acceptors (Lipinski definition) is 2. The molecule has 2 rings (SSSR count). The van der Waals surface area contributed by atoms with E-state index in [9.17, 15) is 9.59 Å². The Morgan fingerprint density at radius 1 is 1.36 bits per heavy atom. The molecule has 1 aliphatic carbocycles. The lowest BCUT2D eigenvalue weighted by Gasteiger charge is -2.21. The maximum Gasteiger partial charge on any atom is 0.307 e. The summed E-state index contributed by atoms with van der Waals surface area (Å²) in [6.07, 6.45) is 2.64. The van der Waals surface area contributed by atoms with Gasteiger partial charge in [-0.15, -0.1) is 0 Å². The van der Waals surface area contributed by atoms with Gasteiger partial charge in [0.05, 0.1) is 11.8 Å². The first-order valence-electron chi connectivity index (χ1n) is 5.14. The molecule has 4 nitrogen and oxygen atoms in total. The highest BCUT2D eigenvalue weighted by Gasteiger charge is 2.50. The molecule has 1 amide bonds. The highest BCUT2D eigenvalue weighted by Crippen LogP contribution is 2.41. The fourth-order valence-electron chi connectivity index (χ4n) is 2.21. The minimum Gasteiger partial charge on any atom is -0.481 e. The molecular weight excluding hydrogens is 182 g/mol. The summed E-state index contributed by atoms with van der Waals surface area (Å²) >= 11 is 0. The van der Waals surface area contributed by atoms with Gasteiger partial charge in [-0.3, -0.25) is 9.59 Å². The molecule has 0 bridgehead atoms. The number of amides is 1. The Morgan fingerprint density at radius 2 is 2.07 bits per heavy atom. The topological polar surface area (TPSA) is 57.6 Å². The van der Waals surface area contributed by atoms with E-state index in [2.05, 4.69) is 0 Å². The minimum absolute atomic E-state index is 0.0578. The number of nitrogens with zero attached hydrogens (tertiary/aromatic N) is 1. The van der Waals surface area contributed by atoms with E-state index in [0.717, 1.165) is 19.4 Å². The highest BCUT2D eigenvalue weighted by atomic mass is 16.4. The predicted octanol–water partition coefficient (Wildman–Crippen LogP) is 0.718. The molecule has 4 heteroatoms. The summed E-state index contributed by atoms with van der Waals surface area (Å²) in [4.78, 5) is 24.2. The third-order valence-corrected chi connectivity index (χ3v) is 3.26. The molecule has 78 valence electrons. The summed E-state index contributed by atoms with van der Waals surface area (Å²) in [6, 6.07) is 0.303. The zero-order chi connectivity index (χ0) is 10.3. The Kier molecular flexibility index (Phi) is 2.21. The van der Waals surface area contributed by atoms with E-state index >= 15 is 0 Å². The fourth-order valence-corrected chi connectivity index (χ4v) is 2.21. The molecule has 2 aliphatic rings. The lowest BCUT2D eigenvalue weighted by atomic mass is 10.2. The molecule has 1 N–H and O–H groups in total. The molecule has 1 saturated heterocycles. The van der Waals surface area contributed by atoms with Gasteiger partial charge in [-0.05, 0) is 26.2 Å². The number of rotatable bonds is 2. The van der Waals surface area contributed by atoms with Crippen LogP contribution in [0.5, 0.6) is 0 Å².